The second kappa shape index (κ2) is 9.11. The van der Waals surface area contributed by atoms with E-state index in [1.807, 2.05) is 6.07 Å². The zero-order chi connectivity index (χ0) is 22.7. The summed E-state index contributed by atoms with van der Waals surface area (Å²) in [6.07, 6.45) is 7.32. The van der Waals surface area contributed by atoms with Crippen LogP contribution in [0.15, 0.2) is 60.0 Å². The lowest BCUT2D eigenvalue weighted by atomic mass is 9.96. The lowest BCUT2D eigenvalue weighted by Gasteiger charge is -2.20. The molecule has 0 saturated heterocycles. The molecule has 0 saturated carbocycles. The maximum Gasteiger partial charge on any atom is 0.166 e. The number of imidazole rings is 1. The quantitative estimate of drug-likeness (QED) is 0.426. The van der Waals surface area contributed by atoms with Gasteiger partial charge in [-0.3, -0.25) is 0 Å². The van der Waals surface area contributed by atoms with Crippen LogP contribution in [0.5, 0.6) is 5.75 Å². The van der Waals surface area contributed by atoms with Crippen LogP contribution in [0.1, 0.15) is 30.0 Å². The highest BCUT2D eigenvalue weighted by molar-refractivity contribution is 9.10. The predicted molar refractivity (Wildman–Crippen MR) is 119 cm³/mol. The Hall–Kier alpha value is -3.84. The number of nitrogens with two attached hydrogens (primary N) is 1. The molecule has 160 valence electrons. The normalized spacial score (nSPS) is 11.7. The molecule has 0 fully saturated rings. The first-order valence-corrected chi connectivity index (χ1v) is 10.3. The van der Waals surface area contributed by atoms with Crippen molar-refractivity contribution in [2.24, 2.45) is 0 Å². The van der Waals surface area contributed by atoms with E-state index in [9.17, 15) is 4.39 Å². The molecule has 32 heavy (non-hydrogen) atoms. The van der Waals surface area contributed by atoms with E-state index in [0.29, 0.717) is 39.3 Å². The third-order valence-electron chi connectivity index (χ3n) is 4.77. The minimum atomic E-state index is -0.550. The molecule has 0 aliphatic heterocycles. The number of benzene rings is 1. The number of halogens is 2. The molecule has 0 unspecified atom stereocenters. The Labute approximate surface area is 191 Å². The van der Waals surface area contributed by atoms with Gasteiger partial charge in [0.15, 0.2) is 17.3 Å². The van der Waals surface area contributed by atoms with Crippen LogP contribution < -0.4 is 10.5 Å². The molecule has 0 aliphatic rings. The summed E-state index contributed by atoms with van der Waals surface area (Å²) in [6.45, 7) is 2.16. The summed E-state index contributed by atoms with van der Waals surface area (Å²) >= 11 is 3.35. The highest BCUT2D eigenvalue weighted by atomic mass is 79.9. The van der Waals surface area contributed by atoms with Gasteiger partial charge >= 0.3 is 0 Å². The van der Waals surface area contributed by atoms with Gasteiger partial charge in [0, 0.05) is 34.2 Å². The molecular weight excluding hydrogens is 477 g/mol. The molecule has 1 aromatic carbocycles. The summed E-state index contributed by atoms with van der Waals surface area (Å²) in [7, 11) is 0. The van der Waals surface area contributed by atoms with E-state index >= 15 is 0 Å². The maximum absolute atomic E-state index is 14.2. The molecule has 4 rings (SSSR count). The van der Waals surface area contributed by atoms with Gasteiger partial charge in [0.05, 0.1) is 18.6 Å². The first kappa shape index (κ1) is 21.4. The SMILES string of the molecule is C[C@@H](Oc1cc(Br)cnc1N)c1cc(F)ccc1-c1cncnc1Cn1cnc(C#N)c1. The Morgan fingerprint density at radius 1 is 1.22 bits per heavy atom. The standard InChI is InChI=1S/C22H17BrFN7O/c1-13(32-21-4-14(23)7-28-22(21)26)18-5-15(24)2-3-17(18)19-8-27-11-29-20(19)10-31-9-16(6-25)30-12-31/h2-5,7-9,11-13H,10H2,1H3,(H2,26,28)/t13-/m1/s1. The zero-order valence-corrected chi connectivity index (χ0v) is 18.5. The van der Waals surface area contributed by atoms with Crippen LogP contribution in [0.2, 0.25) is 0 Å². The number of pyridine rings is 1. The molecule has 4 aromatic rings. The molecule has 3 heterocycles. The van der Waals surface area contributed by atoms with Gasteiger partial charge in [0.25, 0.3) is 0 Å². The van der Waals surface area contributed by atoms with Crippen molar-refractivity contribution in [2.75, 3.05) is 5.73 Å². The minimum Gasteiger partial charge on any atom is -0.482 e. The van der Waals surface area contributed by atoms with Crippen molar-refractivity contribution >= 4 is 21.7 Å². The van der Waals surface area contributed by atoms with Gasteiger partial charge in [0.1, 0.15) is 24.3 Å². The number of anilines is 1. The Bertz CT molecular complexity index is 1320. The fourth-order valence-electron chi connectivity index (χ4n) is 3.28. The fraction of sp³-hybridized carbons (Fsp3) is 0.136. The van der Waals surface area contributed by atoms with Crippen LogP contribution >= 0.6 is 15.9 Å². The molecule has 2 N–H and O–H groups in total. The maximum atomic E-state index is 14.2. The monoisotopic (exact) mass is 493 g/mol. The number of hydrogen-bond acceptors (Lipinski definition) is 7. The number of hydrogen-bond donors (Lipinski definition) is 1. The second-order valence-corrected chi connectivity index (χ2v) is 7.87. The number of nitrogens with zero attached hydrogens (tertiary/aromatic N) is 6. The zero-order valence-electron chi connectivity index (χ0n) is 16.9. The van der Waals surface area contributed by atoms with Gasteiger partial charge in [-0.25, -0.2) is 24.3 Å². The smallest absolute Gasteiger partial charge is 0.166 e. The van der Waals surface area contributed by atoms with Crippen molar-refractivity contribution in [1.82, 2.24) is 24.5 Å². The molecule has 0 aliphatic carbocycles. The first-order valence-electron chi connectivity index (χ1n) is 9.53. The van der Waals surface area contributed by atoms with E-state index in [1.54, 1.807) is 48.5 Å². The van der Waals surface area contributed by atoms with Gasteiger partial charge < -0.3 is 15.0 Å². The summed E-state index contributed by atoms with van der Waals surface area (Å²) in [6, 6.07) is 8.18. The number of nitriles is 1. The molecule has 0 amide bonds. The van der Waals surface area contributed by atoms with E-state index in [1.165, 1.54) is 18.5 Å². The van der Waals surface area contributed by atoms with Crippen LogP contribution in [-0.2, 0) is 6.54 Å². The summed E-state index contributed by atoms with van der Waals surface area (Å²) in [5.74, 6) is 0.218. The predicted octanol–water partition coefficient (Wildman–Crippen LogP) is 4.28. The number of aromatic nitrogens is 5. The van der Waals surface area contributed by atoms with Crippen LogP contribution in [0, 0.1) is 17.1 Å². The Kier molecular flexibility index (Phi) is 6.09. The fourth-order valence-corrected chi connectivity index (χ4v) is 3.59. The molecule has 1 atom stereocenters. The van der Waals surface area contributed by atoms with E-state index in [2.05, 4.69) is 35.9 Å². The van der Waals surface area contributed by atoms with Crippen molar-refractivity contribution in [3.8, 4) is 22.9 Å². The van der Waals surface area contributed by atoms with Crippen molar-refractivity contribution in [3.05, 3.63) is 82.8 Å². The van der Waals surface area contributed by atoms with Crippen LogP contribution in [0.25, 0.3) is 11.1 Å². The molecule has 0 radical (unpaired) electrons. The van der Waals surface area contributed by atoms with Gasteiger partial charge in [0.2, 0.25) is 0 Å². The third kappa shape index (κ3) is 4.58. The number of nitrogen functional groups attached to an aromatic ring is 1. The average molecular weight is 494 g/mol. The van der Waals surface area contributed by atoms with E-state index in [0.717, 1.165) is 5.56 Å². The van der Waals surface area contributed by atoms with Crippen molar-refractivity contribution in [2.45, 2.75) is 19.6 Å². The molecule has 3 aromatic heterocycles. The summed E-state index contributed by atoms with van der Waals surface area (Å²) < 4.78 is 22.7. The van der Waals surface area contributed by atoms with E-state index < -0.39 is 11.9 Å². The largest absolute Gasteiger partial charge is 0.482 e. The third-order valence-corrected chi connectivity index (χ3v) is 5.20. The van der Waals surface area contributed by atoms with Crippen molar-refractivity contribution in [1.29, 1.82) is 5.26 Å². The van der Waals surface area contributed by atoms with Crippen LogP contribution in [0.3, 0.4) is 0 Å². The average Bonchev–Trinajstić information content (AvgIpc) is 3.24. The lowest BCUT2D eigenvalue weighted by molar-refractivity contribution is 0.227. The Balaban J connectivity index is 1.72. The van der Waals surface area contributed by atoms with E-state index in [-0.39, 0.29) is 5.82 Å². The molecular formula is C22H17BrFN7O. The number of ether oxygens (including phenoxy) is 1. The first-order chi connectivity index (χ1) is 15.4. The Morgan fingerprint density at radius 3 is 2.84 bits per heavy atom. The van der Waals surface area contributed by atoms with Gasteiger partial charge in [-0.2, -0.15) is 5.26 Å². The van der Waals surface area contributed by atoms with E-state index in [4.69, 9.17) is 15.7 Å². The van der Waals surface area contributed by atoms with Crippen LogP contribution in [-0.4, -0.2) is 24.5 Å². The van der Waals surface area contributed by atoms with Crippen LogP contribution in [0.4, 0.5) is 10.2 Å². The lowest BCUT2D eigenvalue weighted by Crippen LogP contribution is -2.09. The molecule has 0 spiro atoms. The molecule has 0 bridgehead atoms. The molecule has 8 nitrogen and oxygen atoms in total. The second-order valence-electron chi connectivity index (χ2n) is 6.95. The molecule has 10 heteroatoms. The summed E-state index contributed by atoms with van der Waals surface area (Å²) in [4.78, 5) is 16.7. The highest BCUT2D eigenvalue weighted by Gasteiger charge is 2.19. The summed E-state index contributed by atoms with van der Waals surface area (Å²) in [5.41, 5.74) is 8.97. The summed E-state index contributed by atoms with van der Waals surface area (Å²) in [5, 5.41) is 9.01. The highest BCUT2D eigenvalue weighted by Crippen LogP contribution is 2.34. The minimum absolute atomic E-state index is 0.232. The topological polar surface area (TPSA) is 116 Å². The van der Waals surface area contributed by atoms with Gasteiger partial charge in [-0.1, -0.05) is 6.07 Å². The van der Waals surface area contributed by atoms with Crippen molar-refractivity contribution < 1.29 is 9.13 Å². The van der Waals surface area contributed by atoms with Gasteiger partial charge in [-0.05, 0) is 46.6 Å². The Morgan fingerprint density at radius 2 is 2.06 bits per heavy atom. The van der Waals surface area contributed by atoms with Gasteiger partial charge in [-0.15, -0.1) is 0 Å². The van der Waals surface area contributed by atoms with Crippen molar-refractivity contribution in [3.63, 3.8) is 0 Å². The number of rotatable bonds is 6.